The minimum absolute atomic E-state index is 0.0258. The van der Waals surface area contributed by atoms with Gasteiger partial charge in [-0.15, -0.1) is 11.3 Å². The SMILES string of the molecule is Cc1cc(=O)c2cc(O)ccc2s1. The van der Waals surface area contributed by atoms with E-state index in [-0.39, 0.29) is 11.2 Å². The number of benzene rings is 1. The number of hydrogen-bond acceptors (Lipinski definition) is 3. The van der Waals surface area contributed by atoms with Crippen molar-refractivity contribution in [2.45, 2.75) is 6.92 Å². The van der Waals surface area contributed by atoms with Crippen molar-refractivity contribution >= 4 is 21.4 Å². The van der Waals surface area contributed by atoms with Gasteiger partial charge in [-0.2, -0.15) is 0 Å². The minimum Gasteiger partial charge on any atom is -0.508 e. The van der Waals surface area contributed by atoms with Crippen molar-refractivity contribution in [3.05, 3.63) is 39.4 Å². The molecule has 2 nitrogen and oxygen atoms in total. The highest BCUT2D eigenvalue weighted by Gasteiger charge is 2.00. The van der Waals surface area contributed by atoms with Gasteiger partial charge in [0.25, 0.3) is 0 Å². The Bertz CT molecular complexity index is 514. The number of phenolic OH excluding ortho intramolecular Hbond substituents is 1. The van der Waals surface area contributed by atoms with Gasteiger partial charge in [-0.05, 0) is 31.2 Å². The first-order valence-corrected chi connectivity index (χ1v) is 4.72. The van der Waals surface area contributed by atoms with Crippen LogP contribution in [0.2, 0.25) is 0 Å². The maximum absolute atomic E-state index is 11.4. The van der Waals surface area contributed by atoms with Crippen LogP contribution in [0.15, 0.2) is 29.1 Å². The van der Waals surface area contributed by atoms with E-state index in [2.05, 4.69) is 0 Å². The smallest absolute Gasteiger partial charge is 0.188 e. The zero-order chi connectivity index (χ0) is 9.42. The first kappa shape index (κ1) is 8.26. The molecule has 0 aliphatic carbocycles. The van der Waals surface area contributed by atoms with Crippen LogP contribution in [0.4, 0.5) is 0 Å². The third-order valence-corrected chi connectivity index (χ3v) is 2.85. The Labute approximate surface area is 79.1 Å². The van der Waals surface area contributed by atoms with Gasteiger partial charge in [-0.25, -0.2) is 0 Å². The average molecular weight is 192 g/mol. The van der Waals surface area contributed by atoms with E-state index in [1.54, 1.807) is 29.5 Å². The fourth-order valence-corrected chi connectivity index (χ4v) is 2.18. The molecule has 0 bridgehead atoms. The first-order chi connectivity index (χ1) is 6.16. The van der Waals surface area contributed by atoms with E-state index < -0.39 is 0 Å². The van der Waals surface area contributed by atoms with Crippen LogP contribution in [0.5, 0.6) is 5.75 Å². The molecule has 2 rings (SSSR count). The summed E-state index contributed by atoms with van der Waals surface area (Å²) in [5.41, 5.74) is -0.0258. The molecular formula is C10H8O2S. The van der Waals surface area contributed by atoms with Crippen molar-refractivity contribution < 1.29 is 5.11 Å². The maximum Gasteiger partial charge on any atom is 0.188 e. The summed E-state index contributed by atoms with van der Waals surface area (Å²) in [6, 6.07) is 6.46. The molecule has 0 spiro atoms. The van der Waals surface area contributed by atoms with Gasteiger partial charge in [0.1, 0.15) is 5.75 Å². The van der Waals surface area contributed by atoms with E-state index in [1.165, 1.54) is 6.07 Å². The molecule has 3 heteroatoms. The van der Waals surface area contributed by atoms with E-state index in [9.17, 15) is 9.90 Å². The topological polar surface area (TPSA) is 37.3 Å². The summed E-state index contributed by atoms with van der Waals surface area (Å²) in [7, 11) is 0. The summed E-state index contributed by atoms with van der Waals surface area (Å²) in [6.07, 6.45) is 0. The van der Waals surface area contributed by atoms with Gasteiger partial charge in [0, 0.05) is 15.0 Å². The lowest BCUT2D eigenvalue weighted by molar-refractivity contribution is 0.476. The average Bonchev–Trinajstić information content (AvgIpc) is 2.06. The lowest BCUT2D eigenvalue weighted by atomic mass is 10.2. The molecule has 0 atom stereocenters. The Morgan fingerprint density at radius 2 is 2.08 bits per heavy atom. The molecular weight excluding hydrogens is 184 g/mol. The molecule has 2 aromatic rings. The highest BCUT2D eigenvalue weighted by molar-refractivity contribution is 7.18. The maximum atomic E-state index is 11.4. The first-order valence-electron chi connectivity index (χ1n) is 3.90. The van der Waals surface area contributed by atoms with Gasteiger partial charge in [-0.3, -0.25) is 4.79 Å². The Morgan fingerprint density at radius 3 is 2.85 bits per heavy atom. The van der Waals surface area contributed by atoms with Crippen LogP contribution in [0.3, 0.4) is 0 Å². The zero-order valence-corrected chi connectivity index (χ0v) is 7.89. The molecule has 13 heavy (non-hydrogen) atoms. The van der Waals surface area contributed by atoms with Crippen molar-refractivity contribution in [3.8, 4) is 5.75 Å². The number of rotatable bonds is 0. The Kier molecular flexibility index (Phi) is 1.81. The van der Waals surface area contributed by atoms with E-state index in [0.29, 0.717) is 5.39 Å². The summed E-state index contributed by atoms with van der Waals surface area (Å²) < 4.78 is 0.919. The molecule has 0 saturated carbocycles. The van der Waals surface area contributed by atoms with Crippen LogP contribution in [0, 0.1) is 6.92 Å². The summed E-state index contributed by atoms with van der Waals surface area (Å²) in [6.45, 7) is 1.90. The Hall–Kier alpha value is -1.35. The van der Waals surface area contributed by atoms with Gasteiger partial charge >= 0.3 is 0 Å². The normalized spacial score (nSPS) is 10.5. The van der Waals surface area contributed by atoms with Crippen molar-refractivity contribution in [2.75, 3.05) is 0 Å². The Morgan fingerprint density at radius 1 is 1.31 bits per heavy atom. The summed E-state index contributed by atoms with van der Waals surface area (Å²) in [5, 5.41) is 9.78. The summed E-state index contributed by atoms with van der Waals surface area (Å²) in [4.78, 5) is 12.4. The van der Waals surface area contributed by atoms with E-state index in [1.807, 2.05) is 6.92 Å². The van der Waals surface area contributed by atoms with Crippen LogP contribution in [0.25, 0.3) is 10.1 Å². The molecule has 0 radical (unpaired) electrons. The Balaban J connectivity index is 2.95. The van der Waals surface area contributed by atoms with Gasteiger partial charge in [0.05, 0.1) is 0 Å². The molecule has 0 aliphatic heterocycles. The lowest BCUT2D eigenvalue weighted by Gasteiger charge is -1.97. The van der Waals surface area contributed by atoms with Crippen molar-refractivity contribution in [1.82, 2.24) is 0 Å². The quantitative estimate of drug-likeness (QED) is 0.695. The molecule has 0 aliphatic rings. The zero-order valence-electron chi connectivity index (χ0n) is 7.07. The second-order valence-corrected chi connectivity index (χ2v) is 4.19. The summed E-state index contributed by atoms with van der Waals surface area (Å²) >= 11 is 1.55. The predicted octanol–water partition coefficient (Wildman–Crippen LogP) is 2.28. The van der Waals surface area contributed by atoms with Crippen LogP contribution >= 0.6 is 11.3 Å². The standard InChI is InChI=1S/C10H8O2S/c1-6-4-9(12)8-5-7(11)2-3-10(8)13-6/h2-5,11H,1H3. The van der Waals surface area contributed by atoms with Crippen LogP contribution < -0.4 is 5.43 Å². The number of fused-ring (bicyclic) bond motifs is 1. The van der Waals surface area contributed by atoms with Crippen LogP contribution in [-0.4, -0.2) is 5.11 Å². The highest BCUT2D eigenvalue weighted by atomic mass is 32.1. The fraction of sp³-hybridized carbons (Fsp3) is 0.100. The number of aryl methyl sites for hydroxylation is 1. The molecule has 1 aromatic heterocycles. The van der Waals surface area contributed by atoms with Gasteiger partial charge in [-0.1, -0.05) is 0 Å². The highest BCUT2D eigenvalue weighted by Crippen LogP contribution is 2.21. The molecule has 66 valence electrons. The molecule has 0 saturated heterocycles. The lowest BCUT2D eigenvalue weighted by Crippen LogP contribution is -1.98. The predicted molar refractivity (Wildman–Crippen MR) is 54.5 cm³/mol. The largest absolute Gasteiger partial charge is 0.508 e. The molecule has 1 heterocycles. The molecule has 1 N–H and O–H groups in total. The second-order valence-electron chi connectivity index (χ2n) is 2.90. The monoisotopic (exact) mass is 192 g/mol. The molecule has 0 fully saturated rings. The third-order valence-electron chi connectivity index (χ3n) is 1.83. The van der Waals surface area contributed by atoms with Crippen LogP contribution in [0.1, 0.15) is 4.88 Å². The van der Waals surface area contributed by atoms with Gasteiger partial charge < -0.3 is 5.11 Å². The van der Waals surface area contributed by atoms with E-state index >= 15 is 0 Å². The van der Waals surface area contributed by atoms with E-state index in [4.69, 9.17) is 0 Å². The number of phenols is 1. The molecule has 0 unspecified atom stereocenters. The van der Waals surface area contributed by atoms with Gasteiger partial charge in [0.15, 0.2) is 5.43 Å². The second kappa shape index (κ2) is 2.85. The van der Waals surface area contributed by atoms with Gasteiger partial charge in [0.2, 0.25) is 0 Å². The third kappa shape index (κ3) is 1.42. The minimum atomic E-state index is -0.0258. The van der Waals surface area contributed by atoms with Crippen molar-refractivity contribution in [1.29, 1.82) is 0 Å². The molecule has 1 aromatic carbocycles. The number of hydrogen-bond donors (Lipinski definition) is 1. The van der Waals surface area contributed by atoms with Crippen molar-refractivity contribution in [2.24, 2.45) is 0 Å². The number of aromatic hydroxyl groups is 1. The fourth-order valence-electron chi connectivity index (χ4n) is 1.26. The van der Waals surface area contributed by atoms with E-state index in [0.717, 1.165) is 9.58 Å². The van der Waals surface area contributed by atoms with Crippen molar-refractivity contribution in [3.63, 3.8) is 0 Å². The van der Waals surface area contributed by atoms with Crippen LogP contribution in [-0.2, 0) is 0 Å². The molecule has 0 amide bonds. The summed E-state index contributed by atoms with van der Waals surface area (Å²) in [5.74, 6) is 0.139.